The number of para-hydroxylation sites is 1. The molecule has 0 atom stereocenters. The molecule has 0 fully saturated rings. The molecule has 0 aliphatic rings. The zero-order valence-corrected chi connectivity index (χ0v) is 11.3. The van der Waals surface area contributed by atoms with Gasteiger partial charge >= 0.3 is 0 Å². The maximum absolute atomic E-state index is 6.10. The molecule has 1 aromatic rings. The maximum Gasteiger partial charge on any atom is 0.144 e. The number of hydrogen-bond donors (Lipinski definition) is 2. The topological polar surface area (TPSA) is 47.3 Å². The first-order valence-electron chi connectivity index (χ1n) is 6.40. The van der Waals surface area contributed by atoms with Crippen molar-refractivity contribution in [1.82, 2.24) is 0 Å². The lowest BCUT2D eigenvalue weighted by molar-refractivity contribution is 0.244. The summed E-state index contributed by atoms with van der Waals surface area (Å²) < 4.78 is 5.67. The Balaban J connectivity index is 2.86. The number of nitrogens with two attached hydrogens (primary N) is 1. The van der Waals surface area contributed by atoms with Crippen LogP contribution >= 0.6 is 0 Å². The molecule has 0 aromatic heterocycles. The Morgan fingerprint density at radius 2 is 1.88 bits per heavy atom. The van der Waals surface area contributed by atoms with Gasteiger partial charge in [-0.15, -0.1) is 0 Å². The zero-order valence-electron chi connectivity index (χ0n) is 11.3. The fraction of sp³-hybridized carbons (Fsp3) is 0.571. The van der Waals surface area contributed by atoms with Gasteiger partial charge in [-0.05, 0) is 38.8 Å². The summed E-state index contributed by atoms with van der Waals surface area (Å²) in [6.07, 6.45) is 2.32. The molecule has 1 rings (SSSR count). The van der Waals surface area contributed by atoms with E-state index in [4.69, 9.17) is 10.5 Å². The molecule has 3 N–H and O–H groups in total. The van der Waals surface area contributed by atoms with Gasteiger partial charge in [-0.25, -0.2) is 0 Å². The van der Waals surface area contributed by atoms with Gasteiger partial charge in [-0.1, -0.05) is 19.9 Å². The van der Waals surface area contributed by atoms with Crippen LogP contribution in [0.25, 0.3) is 0 Å². The Bertz CT molecular complexity index is 346. The smallest absolute Gasteiger partial charge is 0.144 e. The van der Waals surface area contributed by atoms with Crippen molar-refractivity contribution < 1.29 is 4.74 Å². The van der Waals surface area contributed by atoms with Gasteiger partial charge in [0.05, 0.1) is 17.5 Å². The van der Waals surface area contributed by atoms with Crippen LogP contribution in [0.15, 0.2) is 18.2 Å². The molecule has 0 saturated carbocycles. The normalized spacial score (nSPS) is 10.9. The van der Waals surface area contributed by atoms with Crippen molar-refractivity contribution in [3.8, 4) is 5.75 Å². The number of nitrogens with one attached hydrogen (secondary N) is 1. The summed E-state index contributed by atoms with van der Waals surface area (Å²) in [7, 11) is 0. The highest BCUT2D eigenvalue weighted by Crippen LogP contribution is 2.31. The van der Waals surface area contributed by atoms with Crippen LogP contribution in [-0.4, -0.2) is 12.1 Å². The summed E-state index contributed by atoms with van der Waals surface area (Å²) in [5, 5.41) is 3.46. The summed E-state index contributed by atoms with van der Waals surface area (Å²) in [5.74, 6) is 0.760. The SMILES string of the molecule is CCC(CC)Nc1cccc(OC(C)C)c1N. The average molecular weight is 236 g/mol. The highest BCUT2D eigenvalue weighted by molar-refractivity contribution is 5.73. The summed E-state index contributed by atoms with van der Waals surface area (Å²) in [6, 6.07) is 6.35. The van der Waals surface area contributed by atoms with Gasteiger partial charge in [0.1, 0.15) is 5.75 Å². The molecule has 0 heterocycles. The van der Waals surface area contributed by atoms with Gasteiger partial charge in [0.2, 0.25) is 0 Å². The Hall–Kier alpha value is -1.38. The Kier molecular flexibility index (Phi) is 5.13. The second-order valence-corrected chi connectivity index (χ2v) is 4.54. The van der Waals surface area contributed by atoms with Crippen LogP contribution in [0, 0.1) is 0 Å². The first-order chi connectivity index (χ1) is 8.08. The molecule has 0 radical (unpaired) electrons. The van der Waals surface area contributed by atoms with E-state index in [1.54, 1.807) is 0 Å². The first kappa shape index (κ1) is 13.7. The molecule has 0 aliphatic carbocycles. The van der Waals surface area contributed by atoms with E-state index < -0.39 is 0 Å². The highest BCUT2D eigenvalue weighted by atomic mass is 16.5. The van der Waals surface area contributed by atoms with Gasteiger partial charge < -0.3 is 15.8 Å². The third kappa shape index (κ3) is 3.84. The first-order valence-corrected chi connectivity index (χ1v) is 6.40. The van der Waals surface area contributed by atoms with Crippen LogP contribution in [0.2, 0.25) is 0 Å². The minimum Gasteiger partial charge on any atom is -0.489 e. The lowest BCUT2D eigenvalue weighted by atomic mass is 10.1. The zero-order chi connectivity index (χ0) is 12.8. The quantitative estimate of drug-likeness (QED) is 0.741. The minimum absolute atomic E-state index is 0.140. The van der Waals surface area contributed by atoms with Crippen molar-refractivity contribution in [3.63, 3.8) is 0 Å². The molecule has 0 amide bonds. The van der Waals surface area contributed by atoms with Crippen molar-refractivity contribution in [3.05, 3.63) is 18.2 Å². The maximum atomic E-state index is 6.10. The predicted octanol–water partition coefficient (Wildman–Crippen LogP) is 3.66. The summed E-state index contributed by atoms with van der Waals surface area (Å²) >= 11 is 0. The molecule has 96 valence electrons. The number of anilines is 2. The molecule has 0 bridgehead atoms. The van der Waals surface area contributed by atoms with Gasteiger partial charge in [0.15, 0.2) is 0 Å². The fourth-order valence-corrected chi connectivity index (χ4v) is 1.74. The fourth-order valence-electron chi connectivity index (χ4n) is 1.74. The lowest BCUT2D eigenvalue weighted by Gasteiger charge is -2.20. The van der Waals surface area contributed by atoms with Crippen molar-refractivity contribution in [2.45, 2.75) is 52.7 Å². The van der Waals surface area contributed by atoms with E-state index >= 15 is 0 Å². The molecule has 0 aliphatic heterocycles. The molecule has 3 nitrogen and oxygen atoms in total. The van der Waals surface area contributed by atoms with Crippen molar-refractivity contribution in [2.75, 3.05) is 11.1 Å². The third-order valence-electron chi connectivity index (χ3n) is 2.77. The Morgan fingerprint density at radius 1 is 1.24 bits per heavy atom. The second kappa shape index (κ2) is 6.38. The second-order valence-electron chi connectivity index (χ2n) is 4.54. The van der Waals surface area contributed by atoms with E-state index in [9.17, 15) is 0 Å². The van der Waals surface area contributed by atoms with E-state index in [-0.39, 0.29) is 6.10 Å². The minimum atomic E-state index is 0.140. The average Bonchev–Trinajstić information content (AvgIpc) is 2.30. The predicted molar refractivity (Wildman–Crippen MR) is 74.6 cm³/mol. The molecule has 1 aromatic carbocycles. The Labute approximate surface area is 104 Å². The number of ether oxygens (including phenoxy) is 1. The van der Waals surface area contributed by atoms with Crippen molar-refractivity contribution in [2.24, 2.45) is 0 Å². The van der Waals surface area contributed by atoms with E-state index in [0.717, 1.165) is 24.3 Å². The third-order valence-corrected chi connectivity index (χ3v) is 2.77. The van der Waals surface area contributed by atoms with Crippen LogP contribution in [0.3, 0.4) is 0 Å². The molecule has 0 spiro atoms. The van der Waals surface area contributed by atoms with Gasteiger partial charge in [-0.2, -0.15) is 0 Å². The van der Waals surface area contributed by atoms with Crippen molar-refractivity contribution >= 4 is 11.4 Å². The van der Waals surface area contributed by atoms with E-state index in [2.05, 4.69) is 19.2 Å². The Morgan fingerprint density at radius 3 is 2.41 bits per heavy atom. The van der Waals surface area contributed by atoms with Crippen LogP contribution in [-0.2, 0) is 0 Å². The molecular formula is C14H24N2O. The molecular weight excluding hydrogens is 212 g/mol. The van der Waals surface area contributed by atoms with E-state index in [1.165, 1.54) is 0 Å². The van der Waals surface area contributed by atoms with Gasteiger partial charge in [0.25, 0.3) is 0 Å². The molecule has 3 heteroatoms. The van der Waals surface area contributed by atoms with Crippen LogP contribution in [0.5, 0.6) is 5.75 Å². The number of benzene rings is 1. The number of hydrogen-bond acceptors (Lipinski definition) is 3. The lowest BCUT2D eigenvalue weighted by Crippen LogP contribution is -2.18. The highest BCUT2D eigenvalue weighted by Gasteiger charge is 2.10. The summed E-state index contributed by atoms with van der Waals surface area (Å²) in [5.41, 5.74) is 7.77. The largest absolute Gasteiger partial charge is 0.489 e. The molecule has 0 unspecified atom stereocenters. The van der Waals surface area contributed by atoms with E-state index in [1.807, 2.05) is 32.0 Å². The van der Waals surface area contributed by atoms with Gasteiger partial charge in [0, 0.05) is 6.04 Å². The van der Waals surface area contributed by atoms with Crippen LogP contribution in [0.4, 0.5) is 11.4 Å². The summed E-state index contributed by atoms with van der Waals surface area (Å²) in [6.45, 7) is 8.35. The van der Waals surface area contributed by atoms with Gasteiger partial charge in [-0.3, -0.25) is 0 Å². The summed E-state index contributed by atoms with van der Waals surface area (Å²) in [4.78, 5) is 0. The number of nitrogen functional groups attached to an aromatic ring is 1. The number of rotatable bonds is 6. The van der Waals surface area contributed by atoms with E-state index in [0.29, 0.717) is 11.7 Å². The monoisotopic (exact) mass is 236 g/mol. The molecule has 0 saturated heterocycles. The standard InChI is InChI=1S/C14H24N2O/c1-5-11(6-2)16-12-8-7-9-13(14(12)15)17-10(3)4/h7-11,16H,5-6,15H2,1-4H3. The van der Waals surface area contributed by atoms with Crippen LogP contribution < -0.4 is 15.8 Å². The van der Waals surface area contributed by atoms with Crippen molar-refractivity contribution in [1.29, 1.82) is 0 Å². The molecule has 17 heavy (non-hydrogen) atoms. The van der Waals surface area contributed by atoms with Crippen LogP contribution in [0.1, 0.15) is 40.5 Å².